The first kappa shape index (κ1) is 18.8. The molecule has 26 heavy (non-hydrogen) atoms. The van der Waals surface area contributed by atoms with Crippen molar-refractivity contribution in [3.05, 3.63) is 47.4 Å². The molecule has 6 nitrogen and oxygen atoms in total. The number of rotatable bonds is 5. The summed E-state index contributed by atoms with van der Waals surface area (Å²) in [5.41, 5.74) is 2.00. The van der Waals surface area contributed by atoms with Gasteiger partial charge in [-0.3, -0.25) is 0 Å². The average molecular weight is 375 g/mol. The molecule has 1 fully saturated rings. The summed E-state index contributed by atoms with van der Waals surface area (Å²) in [6.45, 7) is 7.71. The van der Waals surface area contributed by atoms with Crippen LogP contribution < -0.4 is 5.32 Å². The van der Waals surface area contributed by atoms with Crippen LogP contribution in [-0.2, 0) is 10.0 Å². The summed E-state index contributed by atoms with van der Waals surface area (Å²) < 4.78 is 27.1. The van der Waals surface area contributed by atoms with E-state index in [0.717, 1.165) is 42.3 Å². The lowest BCUT2D eigenvalue weighted by atomic mass is 9.98. The monoisotopic (exact) mass is 374 g/mol. The molecule has 1 saturated heterocycles. The van der Waals surface area contributed by atoms with E-state index >= 15 is 0 Å². The molecule has 0 spiro atoms. The minimum absolute atomic E-state index is 0.381. The smallest absolute Gasteiger partial charge is 0.243 e. The van der Waals surface area contributed by atoms with Crippen LogP contribution in [-0.4, -0.2) is 42.3 Å². The van der Waals surface area contributed by atoms with E-state index in [0.29, 0.717) is 23.9 Å². The number of hydrogen-bond acceptors (Lipinski definition) is 5. The highest BCUT2D eigenvalue weighted by molar-refractivity contribution is 7.89. The molecule has 0 aliphatic carbocycles. The molecule has 0 amide bonds. The Kier molecular flexibility index (Phi) is 5.58. The van der Waals surface area contributed by atoms with Crippen molar-refractivity contribution in [3.8, 4) is 0 Å². The van der Waals surface area contributed by atoms with E-state index in [1.807, 2.05) is 39.0 Å². The second-order valence-corrected chi connectivity index (χ2v) is 8.92. The quantitative estimate of drug-likeness (QED) is 0.871. The molecule has 1 N–H and O–H groups in total. The van der Waals surface area contributed by atoms with E-state index in [1.165, 1.54) is 0 Å². The van der Waals surface area contributed by atoms with Crippen LogP contribution in [0.2, 0.25) is 0 Å². The van der Waals surface area contributed by atoms with Crippen LogP contribution >= 0.6 is 0 Å². The molecular weight excluding hydrogens is 348 g/mol. The van der Waals surface area contributed by atoms with Gasteiger partial charge >= 0.3 is 0 Å². The number of anilines is 1. The summed E-state index contributed by atoms with van der Waals surface area (Å²) in [5.74, 6) is 2.03. The molecule has 0 radical (unpaired) electrons. The Morgan fingerprint density at radius 3 is 2.35 bits per heavy atom. The summed E-state index contributed by atoms with van der Waals surface area (Å²) in [6, 6.07) is 9.00. The summed E-state index contributed by atoms with van der Waals surface area (Å²) in [4.78, 5) is 9.05. The molecule has 2 aromatic rings. The molecule has 140 valence electrons. The normalized spacial score (nSPS) is 16.6. The topological polar surface area (TPSA) is 75.2 Å². The highest BCUT2D eigenvalue weighted by Crippen LogP contribution is 2.24. The molecule has 0 atom stereocenters. The van der Waals surface area contributed by atoms with Gasteiger partial charge in [0.2, 0.25) is 10.0 Å². The van der Waals surface area contributed by atoms with E-state index in [1.54, 1.807) is 16.4 Å². The van der Waals surface area contributed by atoms with E-state index in [9.17, 15) is 8.42 Å². The van der Waals surface area contributed by atoms with Gasteiger partial charge in [0.25, 0.3) is 0 Å². The molecule has 7 heteroatoms. The zero-order valence-electron chi connectivity index (χ0n) is 15.6. The molecule has 1 aromatic carbocycles. The summed E-state index contributed by atoms with van der Waals surface area (Å²) in [7, 11) is -3.39. The van der Waals surface area contributed by atoms with Crippen LogP contribution in [0.5, 0.6) is 0 Å². The molecule has 2 heterocycles. The van der Waals surface area contributed by atoms with Crippen molar-refractivity contribution >= 4 is 15.8 Å². The fraction of sp³-hybridized carbons (Fsp3) is 0.474. The Morgan fingerprint density at radius 2 is 1.73 bits per heavy atom. The Bertz CT molecular complexity index is 837. The van der Waals surface area contributed by atoms with Gasteiger partial charge < -0.3 is 5.32 Å². The Morgan fingerprint density at radius 1 is 1.08 bits per heavy atom. The third kappa shape index (κ3) is 4.40. The second-order valence-electron chi connectivity index (χ2n) is 6.98. The second kappa shape index (κ2) is 7.72. The Labute approximate surface area is 155 Å². The number of nitrogens with one attached hydrogen (secondary N) is 1. The maximum atomic E-state index is 12.8. The van der Waals surface area contributed by atoms with Crippen molar-refractivity contribution in [1.82, 2.24) is 14.3 Å². The average Bonchev–Trinajstić information content (AvgIpc) is 2.60. The van der Waals surface area contributed by atoms with Gasteiger partial charge in [-0.15, -0.1) is 0 Å². The first-order valence-electron chi connectivity index (χ1n) is 8.97. The van der Waals surface area contributed by atoms with Crippen molar-refractivity contribution in [2.45, 2.75) is 38.5 Å². The number of benzene rings is 1. The van der Waals surface area contributed by atoms with E-state index in [2.05, 4.69) is 15.3 Å². The first-order chi connectivity index (χ1) is 12.3. The molecule has 1 aromatic heterocycles. The maximum Gasteiger partial charge on any atom is 0.243 e. The number of nitrogens with zero attached hydrogens (tertiary/aromatic N) is 3. The first-order valence-corrected chi connectivity index (χ1v) is 10.4. The summed E-state index contributed by atoms with van der Waals surface area (Å²) in [6.07, 6.45) is 1.70. The van der Waals surface area contributed by atoms with Gasteiger partial charge in [-0.05, 0) is 51.7 Å². The molecule has 1 aliphatic heterocycles. The van der Waals surface area contributed by atoms with E-state index < -0.39 is 10.0 Å². The SMILES string of the molecule is Cc1ccc(S(=O)(=O)N2CCC(CNc3cc(C)nc(C)n3)CC2)cc1. The Hall–Kier alpha value is -1.99. The number of sulfonamides is 1. The standard InChI is InChI=1S/C19H26N4O2S/c1-14-4-6-18(7-5-14)26(24,25)23-10-8-17(9-11-23)13-20-19-12-15(2)21-16(3)22-19/h4-7,12,17H,8-11,13H2,1-3H3,(H,20,21,22). The molecule has 0 unspecified atom stereocenters. The minimum Gasteiger partial charge on any atom is -0.370 e. The van der Waals surface area contributed by atoms with Crippen molar-refractivity contribution in [2.75, 3.05) is 25.0 Å². The van der Waals surface area contributed by atoms with Crippen molar-refractivity contribution < 1.29 is 8.42 Å². The van der Waals surface area contributed by atoms with Crippen molar-refractivity contribution in [1.29, 1.82) is 0 Å². The van der Waals surface area contributed by atoms with Gasteiger partial charge in [0.05, 0.1) is 4.90 Å². The largest absolute Gasteiger partial charge is 0.370 e. The number of aryl methyl sites for hydroxylation is 3. The summed E-state index contributed by atoms with van der Waals surface area (Å²) in [5, 5.41) is 3.37. The molecule has 3 rings (SSSR count). The van der Waals surface area contributed by atoms with Crippen molar-refractivity contribution in [2.24, 2.45) is 5.92 Å². The number of aromatic nitrogens is 2. The molecular formula is C19H26N4O2S. The van der Waals surface area contributed by atoms with E-state index in [-0.39, 0.29) is 0 Å². The van der Waals surface area contributed by atoms with Crippen LogP contribution in [0.25, 0.3) is 0 Å². The maximum absolute atomic E-state index is 12.8. The molecule has 0 saturated carbocycles. The highest BCUT2D eigenvalue weighted by Gasteiger charge is 2.29. The van der Waals surface area contributed by atoms with Crippen LogP contribution in [0.4, 0.5) is 5.82 Å². The Balaban J connectivity index is 1.56. The van der Waals surface area contributed by atoms with E-state index in [4.69, 9.17) is 0 Å². The highest BCUT2D eigenvalue weighted by atomic mass is 32.2. The van der Waals surface area contributed by atoms with Gasteiger partial charge in [-0.2, -0.15) is 4.31 Å². The fourth-order valence-corrected chi connectivity index (χ4v) is 4.74. The van der Waals surface area contributed by atoms with Crippen LogP contribution in [0.1, 0.15) is 29.9 Å². The third-order valence-electron chi connectivity index (χ3n) is 4.77. The lowest BCUT2D eigenvalue weighted by molar-refractivity contribution is 0.282. The third-order valence-corrected chi connectivity index (χ3v) is 6.68. The predicted octanol–water partition coefficient (Wildman–Crippen LogP) is 2.91. The van der Waals surface area contributed by atoms with Gasteiger partial charge in [0.15, 0.2) is 0 Å². The lowest BCUT2D eigenvalue weighted by Crippen LogP contribution is -2.39. The molecule has 0 bridgehead atoms. The van der Waals surface area contributed by atoms with Crippen molar-refractivity contribution in [3.63, 3.8) is 0 Å². The fourth-order valence-electron chi connectivity index (χ4n) is 3.27. The zero-order chi connectivity index (χ0) is 18.7. The van der Waals surface area contributed by atoms with Gasteiger partial charge in [0, 0.05) is 31.4 Å². The van der Waals surface area contributed by atoms with Gasteiger partial charge in [0.1, 0.15) is 11.6 Å². The zero-order valence-corrected chi connectivity index (χ0v) is 16.4. The molecule has 1 aliphatic rings. The van der Waals surface area contributed by atoms with Crippen LogP contribution in [0.15, 0.2) is 35.2 Å². The number of piperidine rings is 1. The van der Waals surface area contributed by atoms with Crippen LogP contribution in [0, 0.1) is 26.7 Å². The lowest BCUT2D eigenvalue weighted by Gasteiger charge is -2.31. The van der Waals surface area contributed by atoms with Gasteiger partial charge in [-0.1, -0.05) is 17.7 Å². The number of hydrogen-bond donors (Lipinski definition) is 1. The van der Waals surface area contributed by atoms with Crippen LogP contribution in [0.3, 0.4) is 0 Å². The predicted molar refractivity (Wildman–Crippen MR) is 103 cm³/mol. The van der Waals surface area contributed by atoms with Gasteiger partial charge in [-0.25, -0.2) is 18.4 Å². The summed E-state index contributed by atoms with van der Waals surface area (Å²) >= 11 is 0. The minimum atomic E-state index is -3.39.